The van der Waals surface area contributed by atoms with Crippen LogP contribution < -0.4 is 10.2 Å². The zero-order valence-corrected chi connectivity index (χ0v) is 22.0. The molecule has 2 N–H and O–H groups in total. The van der Waals surface area contributed by atoms with Crippen molar-refractivity contribution in [3.63, 3.8) is 0 Å². The van der Waals surface area contributed by atoms with Crippen LogP contribution in [0.5, 0.6) is 0 Å². The Labute approximate surface area is 211 Å². The topological polar surface area (TPSA) is 81.6 Å². The first-order chi connectivity index (χ1) is 16.3. The van der Waals surface area contributed by atoms with E-state index in [2.05, 4.69) is 69.0 Å². The van der Waals surface area contributed by atoms with Crippen LogP contribution in [0.4, 0.5) is 5.82 Å². The van der Waals surface area contributed by atoms with Gasteiger partial charge in [0.15, 0.2) is 0 Å². The van der Waals surface area contributed by atoms with Crippen LogP contribution in [0.15, 0.2) is 35.1 Å². The van der Waals surface area contributed by atoms with Crippen molar-refractivity contribution in [3.8, 4) is 0 Å². The zero-order chi connectivity index (χ0) is 24.2. The first-order valence-electron chi connectivity index (χ1n) is 12.4. The highest BCUT2D eigenvalue weighted by Crippen LogP contribution is 2.42. The maximum Gasteiger partial charge on any atom is 0.230 e. The van der Waals surface area contributed by atoms with Gasteiger partial charge in [0, 0.05) is 36.2 Å². The lowest BCUT2D eigenvalue weighted by atomic mass is 9.93. The molecule has 1 aromatic carbocycles. The average Bonchev–Trinajstić information content (AvgIpc) is 3.13. The van der Waals surface area contributed by atoms with Crippen molar-refractivity contribution >= 4 is 27.7 Å². The van der Waals surface area contributed by atoms with Gasteiger partial charge in [-0.05, 0) is 55.5 Å². The Morgan fingerprint density at radius 1 is 1.18 bits per heavy atom. The maximum absolute atomic E-state index is 13.6. The molecule has 1 aliphatic heterocycles. The van der Waals surface area contributed by atoms with Gasteiger partial charge in [-0.15, -0.1) is 0 Å². The molecule has 0 saturated carbocycles. The molecule has 1 fully saturated rings. The summed E-state index contributed by atoms with van der Waals surface area (Å²) in [6.45, 7) is 11.1. The quantitative estimate of drug-likeness (QED) is 0.505. The number of carbonyl (C=O) groups excluding carboxylic acids is 1. The highest BCUT2D eigenvalue weighted by Gasteiger charge is 2.35. The van der Waals surface area contributed by atoms with Gasteiger partial charge in [0.05, 0.1) is 17.7 Å². The van der Waals surface area contributed by atoms with Crippen molar-refractivity contribution in [2.24, 2.45) is 5.92 Å². The van der Waals surface area contributed by atoms with E-state index in [9.17, 15) is 9.90 Å². The standard InChI is InChI=1S/C26H36BrN5O2/c1-17(2)15-28-9-8-21(19-4-6-20(27)7-5-19)26(34)32-12-10-31(11-13-32)25-23-18(3)14-22(33)24(23)29-16-30-25/h4-7,16-18,21-22,28,33H,8-15H2,1-3H3/t18-,21?,22-/m1/s1. The number of nitrogens with zero attached hydrogens (tertiary/aromatic N) is 4. The van der Waals surface area contributed by atoms with Gasteiger partial charge in [-0.1, -0.05) is 48.8 Å². The van der Waals surface area contributed by atoms with Gasteiger partial charge in [0.25, 0.3) is 0 Å². The van der Waals surface area contributed by atoms with Crippen LogP contribution in [-0.4, -0.2) is 65.2 Å². The van der Waals surface area contributed by atoms with Gasteiger partial charge in [-0.25, -0.2) is 9.97 Å². The highest BCUT2D eigenvalue weighted by atomic mass is 79.9. The molecule has 2 heterocycles. The monoisotopic (exact) mass is 529 g/mol. The molecular formula is C26H36BrN5O2. The molecular weight excluding hydrogens is 494 g/mol. The Kier molecular flexibility index (Phi) is 8.22. The summed E-state index contributed by atoms with van der Waals surface area (Å²) in [5, 5.41) is 13.8. The van der Waals surface area contributed by atoms with Crippen LogP contribution in [0.3, 0.4) is 0 Å². The Morgan fingerprint density at radius 2 is 1.88 bits per heavy atom. The van der Waals surface area contributed by atoms with Gasteiger partial charge in [-0.3, -0.25) is 4.79 Å². The summed E-state index contributed by atoms with van der Waals surface area (Å²) >= 11 is 3.51. The van der Waals surface area contributed by atoms with E-state index < -0.39 is 6.10 Å². The van der Waals surface area contributed by atoms with Crippen LogP contribution in [0.2, 0.25) is 0 Å². The fraction of sp³-hybridized carbons (Fsp3) is 0.577. The number of rotatable bonds is 8. The SMILES string of the molecule is CC(C)CNCCC(C(=O)N1CCN(c2ncnc3c2[C@H](C)C[C@H]3O)CC1)c1ccc(Br)cc1. The minimum atomic E-state index is -0.509. The minimum absolute atomic E-state index is 0.155. The Balaban J connectivity index is 1.43. The van der Waals surface area contributed by atoms with Crippen molar-refractivity contribution in [1.29, 1.82) is 0 Å². The summed E-state index contributed by atoms with van der Waals surface area (Å²) in [5.74, 6) is 1.79. The Hall–Kier alpha value is -2.03. The van der Waals surface area contributed by atoms with Crippen LogP contribution in [-0.2, 0) is 4.79 Å². The van der Waals surface area contributed by atoms with E-state index in [1.807, 2.05) is 17.0 Å². The molecule has 34 heavy (non-hydrogen) atoms. The third kappa shape index (κ3) is 5.61. The first-order valence-corrected chi connectivity index (χ1v) is 13.2. The molecule has 1 saturated heterocycles. The number of amides is 1. The summed E-state index contributed by atoms with van der Waals surface area (Å²) < 4.78 is 1.02. The number of halogens is 1. The van der Waals surface area contributed by atoms with E-state index >= 15 is 0 Å². The van der Waals surface area contributed by atoms with E-state index in [1.54, 1.807) is 6.33 Å². The van der Waals surface area contributed by atoms with Crippen molar-refractivity contribution in [1.82, 2.24) is 20.2 Å². The van der Waals surface area contributed by atoms with E-state index in [0.717, 1.165) is 59.7 Å². The maximum atomic E-state index is 13.6. The van der Waals surface area contributed by atoms with E-state index in [1.165, 1.54) is 0 Å². The number of fused-ring (bicyclic) bond motifs is 1. The van der Waals surface area contributed by atoms with Crippen LogP contribution in [0.1, 0.15) is 68.4 Å². The van der Waals surface area contributed by atoms with Gasteiger partial charge < -0.3 is 20.2 Å². The average molecular weight is 531 g/mol. The van der Waals surface area contributed by atoms with Crippen molar-refractivity contribution in [2.45, 2.75) is 51.6 Å². The summed E-state index contributed by atoms with van der Waals surface area (Å²) in [7, 11) is 0. The fourth-order valence-corrected chi connectivity index (χ4v) is 5.34. The number of anilines is 1. The predicted molar refractivity (Wildman–Crippen MR) is 138 cm³/mol. The van der Waals surface area contributed by atoms with Crippen molar-refractivity contribution in [3.05, 3.63) is 51.9 Å². The lowest BCUT2D eigenvalue weighted by Gasteiger charge is -2.38. The number of hydrogen-bond acceptors (Lipinski definition) is 6. The van der Waals surface area contributed by atoms with E-state index in [0.29, 0.717) is 25.4 Å². The largest absolute Gasteiger partial charge is 0.387 e. The predicted octanol–water partition coefficient (Wildman–Crippen LogP) is 3.85. The molecule has 1 amide bonds. The number of aliphatic hydroxyl groups is 1. The second kappa shape index (κ2) is 11.1. The molecule has 7 nitrogen and oxygen atoms in total. The number of aromatic nitrogens is 2. The summed E-state index contributed by atoms with van der Waals surface area (Å²) in [6, 6.07) is 8.14. The van der Waals surface area contributed by atoms with Crippen LogP contribution >= 0.6 is 15.9 Å². The second-order valence-corrected chi connectivity index (χ2v) is 10.9. The minimum Gasteiger partial charge on any atom is -0.387 e. The molecule has 0 radical (unpaired) electrons. The molecule has 2 aliphatic rings. The summed E-state index contributed by atoms with van der Waals surface area (Å²) in [6.07, 6.45) is 2.52. The van der Waals surface area contributed by atoms with E-state index in [4.69, 9.17) is 0 Å². The molecule has 0 spiro atoms. The van der Waals surface area contributed by atoms with Crippen molar-refractivity contribution in [2.75, 3.05) is 44.2 Å². The number of aliphatic hydroxyl groups excluding tert-OH is 1. The third-order valence-electron chi connectivity index (χ3n) is 6.90. The normalized spacial score (nSPS) is 21.1. The second-order valence-electron chi connectivity index (χ2n) is 9.95. The van der Waals surface area contributed by atoms with Crippen molar-refractivity contribution < 1.29 is 9.90 Å². The molecule has 2 aromatic rings. The van der Waals surface area contributed by atoms with Gasteiger partial charge in [0.1, 0.15) is 12.1 Å². The molecule has 4 rings (SSSR count). The molecule has 1 aliphatic carbocycles. The number of hydrogen-bond donors (Lipinski definition) is 2. The molecule has 184 valence electrons. The smallest absolute Gasteiger partial charge is 0.230 e. The zero-order valence-electron chi connectivity index (χ0n) is 20.4. The first kappa shape index (κ1) is 25.1. The lowest BCUT2D eigenvalue weighted by molar-refractivity contribution is -0.133. The molecule has 1 unspecified atom stereocenters. The Morgan fingerprint density at radius 3 is 2.56 bits per heavy atom. The number of nitrogens with one attached hydrogen (secondary N) is 1. The van der Waals surface area contributed by atoms with Crippen LogP contribution in [0.25, 0.3) is 0 Å². The molecule has 3 atom stereocenters. The molecule has 1 aromatic heterocycles. The Bertz CT molecular complexity index is 976. The summed E-state index contributed by atoms with van der Waals surface area (Å²) in [4.78, 5) is 26.8. The fourth-order valence-electron chi connectivity index (χ4n) is 5.08. The van der Waals surface area contributed by atoms with Gasteiger partial charge in [0.2, 0.25) is 5.91 Å². The van der Waals surface area contributed by atoms with Gasteiger partial charge in [-0.2, -0.15) is 0 Å². The van der Waals surface area contributed by atoms with E-state index in [-0.39, 0.29) is 17.7 Å². The molecule has 8 heteroatoms. The third-order valence-corrected chi connectivity index (χ3v) is 7.43. The van der Waals surface area contributed by atoms with Gasteiger partial charge >= 0.3 is 0 Å². The molecule has 0 bridgehead atoms. The highest BCUT2D eigenvalue weighted by molar-refractivity contribution is 9.10. The van der Waals surface area contributed by atoms with Crippen LogP contribution in [0, 0.1) is 5.92 Å². The number of piperazine rings is 1. The number of benzene rings is 1. The number of carbonyl (C=O) groups is 1. The lowest BCUT2D eigenvalue weighted by Crippen LogP contribution is -2.50. The summed E-state index contributed by atoms with van der Waals surface area (Å²) in [5.41, 5.74) is 2.90.